The van der Waals surface area contributed by atoms with Crippen LogP contribution < -0.4 is 5.73 Å². The lowest BCUT2D eigenvalue weighted by molar-refractivity contribution is 0.0403. The van der Waals surface area contributed by atoms with Crippen molar-refractivity contribution < 1.29 is 9.53 Å². The van der Waals surface area contributed by atoms with Crippen LogP contribution in [0.3, 0.4) is 0 Å². The number of aromatic nitrogens is 2. The van der Waals surface area contributed by atoms with Crippen LogP contribution in [0.4, 0.5) is 5.69 Å². The number of carbonyl (C=O) groups is 1. The summed E-state index contributed by atoms with van der Waals surface area (Å²) in [6.45, 7) is 3.14. The average Bonchev–Trinajstić information content (AvgIpc) is 2.78. The molecular weight excluding hydrogens is 230 g/mol. The van der Waals surface area contributed by atoms with Crippen molar-refractivity contribution in [1.29, 1.82) is 0 Å². The van der Waals surface area contributed by atoms with Gasteiger partial charge in [-0.05, 0) is 25.7 Å². The molecule has 1 fully saturated rings. The van der Waals surface area contributed by atoms with Crippen LogP contribution in [0, 0.1) is 5.92 Å². The van der Waals surface area contributed by atoms with Gasteiger partial charge >= 0.3 is 5.97 Å². The lowest BCUT2D eigenvalue weighted by Gasteiger charge is -2.20. The number of esters is 1. The van der Waals surface area contributed by atoms with Crippen molar-refractivity contribution in [1.82, 2.24) is 9.78 Å². The number of nitrogens with two attached hydrogens (primary N) is 1. The first-order chi connectivity index (χ1) is 8.70. The van der Waals surface area contributed by atoms with Gasteiger partial charge in [0.2, 0.25) is 0 Å². The van der Waals surface area contributed by atoms with Crippen molar-refractivity contribution >= 4 is 11.7 Å². The fraction of sp³-hybridized carbons (Fsp3) is 0.692. The monoisotopic (exact) mass is 251 g/mol. The maximum absolute atomic E-state index is 11.9. The van der Waals surface area contributed by atoms with Crippen LogP contribution in [0.25, 0.3) is 0 Å². The van der Waals surface area contributed by atoms with E-state index in [1.54, 1.807) is 10.9 Å². The Hall–Kier alpha value is -1.52. The quantitative estimate of drug-likeness (QED) is 0.833. The van der Waals surface area contributed by atoms with Crippen LogP contribution in [0.2, 0.25) is 0 Å². The Morgan fingerprint density at radius 1 is 1.50 bits per heavy atom. The average molecular weight is 251 g/mol. The van der Waals surface area contributed by atoms with Crippen molar-refractivity contribution in [2.24, 2.45) is 5.92 Å². The molecule has 1 aliphatic carbocycles. The molecule has 2 N–H and O–H groups in total. The van der Waals surface area contributed by atoms with Crippen LogP contribution in [0.5, 0.6) is 0 Å². The zero-order chi connectivity index (χ0) is 13.0. The first-order valence-corrected chi connectivity index (χ1v) is 6.70. The summed E-state index contributed by atoms with van der Waals surface area (Å²) in [4.78, 5) is 11.9. The van der Waals surface area contributed by atoms with Crippen LogP contribution in [0.1, 0.15) is 49.5 Å². The van der Waals surface area contributed by atoms with Gasteiger partial charge in [-0.3, -0.25) is 4.68 Å². The summed E-state index contributed by atoms with van der Waals surface area (Å²) in [6.07, 6.45) is 7.78. The molecule has 5 nitrogen and oxygen atoms in total. The van der Waals surface area contributed by atoms with Crippen LogP contribution in [-0.4, -0.2) is 22.4 Å². The molecule has 1 saturated carbocycles. The van der Waals surface area contributed by atoms with E-state index in [-0.39, 0.29) is 5.69 Å². The number of carbonyl (C=O) groups excluding carboxylic acids is 1. The number of hydrogen-bond acceptors (Lipinski definition) is 4. The second-order valence-corrected chi connectivity index (χ2v) is 4.89. The van der Waals surface area contributed by atoms with Gasteiger partial charge in [-0.15, -0.1) is 0 Å². The Morgan fingerprint density at radius 2 is 2.22 bits per heavy atom. The van der Waals surface area contributed by atoms with E-state index in [0.29, 0.717) is 24.8 Å². The third-order valence-corrected chi connectivity index (χ3v) is 3.48. The number of nitrogen functional groups attached to an aromatic ring is 1. The molecule has 0 aliphatic heterocycles. The molecule has 0 bridgehead atoms. The van der Waals surface area contributed by atoms with Gasteiger partial charge in [0.25, 0.3) is 0 Å². The van der Waals surface area contributed by atoms with Crippen molar-refractivity contribution in [2.45, 2.75) is 45.6 Å². The van der Waals surface area contributed by atoms with Crippen molar-refractivity contribution in [3.63, 3.8) is 0 Å². The highest BCUT2D eigenvalue weighted by atomic mass is 16.5. The number of ether oxygens (including phenoxy) is 1. The highest BCUT2D eigenvalue weighted by Crippen LogP contribution is 2.24. The molecule has 100 valence electrons. The minimum atomic E-state index is -0.398. The van der Waals surface area contributed by atoms with E-state index < -0.39 is 5.97 Å². The molecule has 1 aliphatic rings. The minimum absolute atomic E-state index is 0.243. The number of rotatable bonds is 4. The smallest absolute Gasteiger partial charge is 0.361 e. The third-order valence-electron chi connectivity index (χ3n) is 3.48. The van der Waals surface area contributed by atoms with E-state index in [1.165, 1.54) is 19.3 Å². The Bertz CT molecular complexity index is 408. The zero-order valence-electron chi connectivity index (χ0n) is 10.9. The lowest BCUT2D eigenvalue weighted by Crippen LogP contribution is -2.17. The van der Waals surface area contributed by atoms with Gasteiger partial charge < -0.3 is 10.5 Å². The Kier molecular flexibility index (Phi) is 4.23. The third kappa shape index (κ3) is 3.03. The number of hydrogen-bond donors (Lipinski definition) is 1. The van der Waals surface area contributed by atoms with Crippen LogP contribution in [-0.2, 0) is 11.3 Å². The molecule has 0 saturated heterocycles. The van der Waals surface area contributed by atoms with E-state index >= 15 is 0 Å². The maximum Gasteiger partial charge on any atom is 0.361 e. The summed E-state index contributed by atoms with van der Waals surface area (Å²) in [5.41, 5.74) is 6.38. The Morgan fingerprint density at radius 3 is 2.83 bits per heavy atom. The SMILES string of the molecule is CCn1cc(N)c(C(=O)OCC2CCCCC2)n1. The molecule has 0 radical (unpaired) electrons. The van der Waals surface area contributed by atoms with E-state index in [1.807, 2.05) is 6.92 Å². The first-order valence-electron chi connectivity index (χ1n) is 6.70. The Balaban J connectivity index is 1.88. The van der Waals surface area contributed by atoms with Crippen LogP contribution >= 0.6 is 0 Å². The maximum atomic E-state index is 11.9. The second-order valence-electron chi connectivity index (χ2n) is 4.89. The molecule has 1 aromatic heterocycles. The van der Waals surface area contributed by atoms with Crippen molar-refractivity contribution in [3.8, 4) is 0 Å². The molecule has 0 amide bonds. The summed E-state index contributed by atoms with van der Waals surface area (Å²) in [6, 6.07) is 0. The van der Waals surface area contributed by atoms with Crippen molar-refractivity contribution in [2.75, 3.05) is 12.3 Å². The molecule has 1 aromatic rings. The molecule has 18 heavy (non-hydrogen) atoms. The normalized spacial score (nSPS) is 16.7. The van der Waals surface area contributed by atoms with E-state index in [4.69, 9.17) is 10.5 Å². The molecule has 0 spiro atoms. The second kappa shape index (κ2) is 5.89. The molecule has 2 rings (SSSR count). The molecule has 0 atom stereocenters. The minimum Gasteiger partial charge on any atom is -0.461 e. The fourth-order valence-electron chi connectivity index (χ4n) is 2.37. The lowest BCUT2D eigenvalue weighted by atomic mass is 9.90. The van der Waals surface area contributed by atoms with Gasteiger partial charge in [-0.2, -0.15) is 5.10 Å². The summed E-state index contributed by atoms with van der Waals surface area (Å²) in [7, 11) is 0. The predicted octanol–water partition coefficient (Wildman–Crippen LogP) is 2.22. The summed E-state index contributed by atoms with van der Waals surface area (Å²) in [5.74, 6) is 0.113. The van der Waals surface area contributed by atoms with Gasteiger partial charge in [0.1, 0.15) is 0 Å². The fourth-order valence-corrected chi connectivity index (χ4v) is 2.37. The van der Waals surface area contributed by atoms with E-state index in [9.17, 15) is 4.79 Å². The Labute approximate surface area is 107 Å². The topological polar surface area (TPSA) is 70.1 Å². The largest absolute Gasteiger partial charge is 0.461 e. The molecule has 0 unspecified atom stereocenters. The molecular formula is C13H21N3O2. The number of nitrogens with zero attached hydrogens (tertiary/aromatic N) is 2. The van der Waals surface area contributed by atoms with Crippen LogP contribution in [0.15, 0.2) is 6.20 Å². The molecule has 1 heterocycles. The van der Waals surface area contributed by atoms with Gasteiger partial charge in [0, 0.05) is 12.7 Å². The highest BCUT2D eigenvalue weighted by Gasteiger charge is 2.19. The predicted molar refractivity (Wildman–Crippen MR) is 69.2 cm³/mol. The first kappa shape index (κ1) is 12.9. The zero-order valence-corrected chi connectivity index (χ0v) is 10.9. The molecule has 0 aromatic carbocycles. The van der Waals surface area contributed by atoms with Gasteiger partial charge in [-0.1, -0.05) is 19.3 Å². The summed E-state index contributed by atoms with van der Waals surface area (Å²) in [5, 5.41) is 4.11. The summed E-state index contributed by atoms with van der Waals surface area (Å²) >= 11 is 0. The standard InChI is InChI=1S/C13H21N3O2/c1-2-16-8-11(14)12(15-16)13(17)18-9-10-6-4-3-5-7-10/h8,10H,2-7,9,14H2,1H3. The van der Waals surface area contributed by atoms with Gasteiger partial charge in [-0.25, -0.2) is 4.79 Å². The number of anilines is 1. The van der Waals surface area contributed by atoms with Gasteiger partial charge in [0.05, 0.1) is 12.3 Å². The van der Waals surface area contributed by atoms with E-state index in [0.717, 1.165) is 12.8 Å². The summed E-state index contributed by atoms with van der Waals surface area (Å²) < 4.78 is 6.96. The number of aryl methyl sites for hydroxylation is 1. The molecule has 5 heteroatoms. The van der Waals surface area contributed by atoms with E-state index in [2.05, 4.69) is 5.10 Å². The van der Waals surface area contributed by atoms with Gasteiger partial charge in [0.15, 0.2) is 5.69 Å². The highest BCUT2D eigenvalue weighted by molar-refractivity contribution is 5.92. The van der Waals surface area contributed by atoms with Crippen molar-refractivity contribution in [3.05, 3.63) is 11.9 Å².